The summed E-state index contributed by atoms with van der Waals surface area (Å²) in [5.41, 5.74) is 0.777. The second-order valence-electron chi connectivity index (χ2n) is 3.01. The van der Waals surface area contributed by atoms with Gasteiger partial charge in [-0.05, 0) is 12.1 Å². The number of carboxylic acid groups (broad SMARTS) is 1. The number of rotatable bonds is 4. The van der Waals surface area contributed by atoms with E-state index in [0.29, 0.717) is 12.4 Å². The number of aromatic nitrogens is 2. The van der Waals surface area contributed by atoms with Gasteiger partial charge in [0.25, 0.3) is 0 Å². The highest BCUT2D eigenvalue weighted by Gasteiger charge is 2.04. The second-order valence-corrected chi connectivity index (χ2v) is 3.01. The first-order valence-electron chi connectivity index (χ1n) is 4.46. The summed E-state index contributed by atoms with van der Waals surface area (Å²) in [6, 6.07) is 2.93. The van der Waals surface area contributed by atoms with Gasteiger partial charge in [0.2, 0.25) is 0 Å². The molecule has 6 heteroatoms. The molecule has 2 aromatic rings. The fourth-order valence-electron chi connectivity index (χ4n) is 1.06. The molecule has 0 fully saturated rings. The Morgan fingerprint density at radius 1 is 1.44 bits per heavy atom. The highest BCUT2D eigenvalue weighted by atomic mass is 16.5. The number of nitrogens with zero attached hydrogens (tertiary/aromatic N) is 2. The van der Waals surface area contributed by atoms with Crippen molar-refractivity contribution in [3.05, 3.63) is 42.0 Å². The van der Waals surface area contributed by atoms with Gasteiger partial charge in [-0.3, -0.25) is 0 Å². The van der Waals surface area contributed by atoms with E-state index >= 15 is 0 Å². The predicted molar refractivity (Wildman–Crippen MR) is 52.0 cm³/mol. The van der Waals surface area contributed by atoms with Crippen molar-refractivity contribution >= 4 is 5.97 Å². The van der Waals surface area contributed by atoms with Gasteiger partial charge in [0.15, 0.2) is 0 Å². The van der Waals surface area contributed by atoms with Gasteiger partial charge in [-0.2, -0.15) is 0 Å². The van der Waals surface area contributed by atoms with Crippen molar-refractivity contribution in [3.63, 3.8) is 0 Å². The number of hydrogen-bond donors (Lipinski definition) is 1. The number of hydrogen-bond acceptors (Lipinski definition) is 5. The minimum absolute atomic E-state index is 0.0164. The summed E-state index contributed by atoms with van der Waals surface area (Å²) < 4.78 is 9.96. The van der Waals surface area contributed by atoms with Crippen LogP contribution in [-0.4, -0.2) is 21.2 Å². The Bertz CT molecular complexity index is 464. The zero-order valence-corrected chi connectivity index (χ0v) is 8.16. The lowest BCUT2D eigenvalue weighted by Crippen LogP contribution is -2.00. The maximum Gasteiger partial charge on any atom is 0.354 e. The summed E-state index contributed by atoms with van der Waals surface area (Å²) in [4.78, 5) is 14.2. The molecule has 2 aromatic heterocycles. The largest absolute Gasteiger partial charge is 0.487 e. The Labute approximate surface area is 90.5 Å². The molecule has 6 nitrogen and oxygen atoms in total. The van der Waals surface area contributed by atoms with E-state index in [2.05, 4.69) is 14.7 Å². The zero-order chi connectivity index (χ0) is 11.4. The summed E-state index contributed by atoms with van der Waals surface area (Å²) >= 11 is 0. The average Bonchev–Trinajstić information content (AvgIpc) is 2.80. The summed E-state index contributed by atoms with van der Waals surface area (Å²) in [6.07, 6.45) is 4.37. The third kappa shape index (κ3) is 2.35. The Balaban J connectivity index is 1.98. The van der Waals surface area contributed by atoms with Crippen LogP contribution in [0.3, 0.4) is 0 Å². The van der Waals surface area contributed by atoms with E-state index in [-0.39, 0.29) is 5.69 Å². The van der Waals surface area contributed by atoms with E-state index < -0.39 is 5.97 Å². The average molecular weight is 220 g/mol. The first-order valence-corrected chi connectivity index (χ1v) is 4.46. The Morgan fingerprint density at radius 2 is 2.31 bits per heavy atom. The highest BCUT2D eigenvalue weighted by Crippen LogP contribution is 2.11. The molecule has 0 unspecified atom stereocenters. The van der Waals surface area contributed by atoms with Crippen molar-refractivity contribution in [2.24, 2.45) is 0 Å². The molecule has 0 saturated carbocycles. The summed E-state index contributed by atoms with van der Waals surface area (Å²) in [5, 5.41) is 12.2. The minimum atomic E-state index is -1.06. The second kappa shape index (κ2) is 4.43. The van der Waals surface area contributed by atoms with Crippen LogP contribution < -0.4 is 4.74 Å². The molecule has 0 aliphatic rings. The standard InChI is InChI=1S/C10H8N2O4/c13-10(14)9-2-1-8(4-11-9)15-5-7-3-12-16-6-7/h1-4,6H,5H2,(H,13,14). The van der Waals surface area contributed by atoms with Crippen LogP contribution in [0.5, 0.6) is 5.75 Å². The molecule has 16 heavy (non-hydrogen) atoms. The quantitative estimate of drug-likeness (QED) is 0.836. The van der Waals surface area contributed by atoms with Crippen LogP contribution >= 0.6 is 0 Å². The summed E-state index contributed by atoms with van der Waals surface area (Å²) in [6.45, 7) is 0.303. The monoisotopic (exact) mass is 220 g/mol. The van der Waals surface area contributed by atoms with Crippen LogP contribution in [0, 0.1) is 0 Å². The van der Waals surface area contributed by atoms with Crippen molar-refractivity contribution in [1.82, 2.24) is 10.1 Å². The maximum atomic E-state index is 10.5. The number of carboxylic acids is 1. The zero-order valence-electron chi connectivity index (χ0n) is 8.16. The molecule has 0 aromatic carbocycles. The van der Waals surface area contributed by atoms with E-state index in [0.717, 1.165) is 5.56 Å². The summed E-state index contributed by atoms with van der Waals surface area (Å²) in [5.74, 6) is -0.572. The van der Waals surface area contributed by atoms with Gasteiger partial charge < -0.3 is 14.4 Å². The van der Waals surface area contributed by atoms with Crippen LogP contribution in [0.1, 0.15) is 16.1 Å². The molecule has 0 saturated heterocycles. The van der Waals surface area contributed by atoms with Crippen LogP contribution in [0.15, 0.2) is 35.3 Å². The fraction of sp³-hybridized carbons (Fsp3) is 0.100. The lowest BCUT2D eigenvalue weighted by molar-refractivity contribution is 0.0690. The molecule has 0 aliphatic heterocycles. The van der Waals surface area contributed by atoms with Crippen LogP contribution in [0.2, 0.25) is 0 Å². The molecule has 2 rings (SSSR count). The normalized spacial score (nSPS) is 10.0. The molecule has 0 bridgehead atoms. The van der Waals surface area contributed by atoms with Gasteiger partial charge in [0.05, 0.1) is 12.4 Å². The number of ether oxygens (including phenoxy) is 1. The van der Waals surface area contributed by atoms with Crippen molar-refractivity contribution in [3.8, 4) is 5.75 Å². The molecule has 0 aliphatic carbocycles. The topological polar surface area (TPSA) is 85.5 Å². The first-order chi connectivity index (χ1) is 7.75. The predicted octanol–water partition coefficient (Wildman–Crippen LogP) is 1.35. The van der Waals surface area contributed by atoms with Crippen molar-refractivity contribution < 1.29 is 19.2 Å². The Morgan fingerprint density at radius 3 is 2.88 bits per heavy atom. The molecular formula is C10H8N2O4. The molecule has 0 amide bonds. The molecule has 0 spiro atoms. The van der Waals surface area contributed by atoms with E-state index in [1.165, 1.54) is 18.5 Å². The van der Waals surface area contributed by atoms with Gasteiger partial charge in [0, 0.05) is 5.56 Å². The molecule has 0 atom stereocenters. The maximum absolute atomic E-state index is 10.5. The fourth-order valence-corrected chi connectivity index (χ4v) is 1.06. The van der Waals surface area contributed by atoms with Crippen LogP contribution in [0.4, 0.5) is 0 Å². The van der Waals surface area contributed by atoms with Gasteiger partial charge in [-0.15, -0.1) is 0 Å². The van der Waals surface area contributed by atoms with Crippen LogP contribution in [-0.2, 0) is 6.61 Å². The van der Waals surface area contributed by atoms with E-state index in [1.54, 1.807) is 12.3 Å². The van der Waals surface area contributed by atoms with Crippen molar-refractivity contribution in [1.29, 1.82) is 0 Å². The SMILES string of the molecule is O=C(O)c1ccc(OCc2cnoc2)cn1. The van der Waals surface area contributed by atoms with E-state index in [1.807, 2.05) is 0 Å². The lowest BCUT2D eigenvalue weighted by atomic mass is 10.3. The molecular weight excluding hydrogens is 212 g/mol. The number of carbonyl (C=O) groups is 1. The molecule has 0 radical (unpaired) electrons. The van der Waals surface area contributed by atoms with Gasteiger partial charge in [0.1, 0.15) is 24.3 Å². The van der Waals surface area contributed by atoms with Crippen molar-refractivity contribution in [2.45, 2.75) is 6.61 Å². The smallest absolute Gasteiger partial charge is 0.354 e. The third-order valence-corrected chi connectivity index (χ3v) is 1.84. The molecule has 1 N–H and O–H groups in total. The lowest BCUT2D eigenvalue weighted by Gasteiger charge is -2.03. The van der Waals surface area contributed by atoms with Crippen LogP contribution in [0.25, 0.3) is 0 Å². The first kappa shape index (κ1) is 10.2. The highest BCUT2D eigenvalue weighted by molar-refractivity contribution is 5.85. The Hall–Kier alpha value is -2.37. The van der Waals surface area contributed by atoms with Gasteiger partial charge in [-0.25, -0.2) is 9.78 Å². The van der Waals surface area contributed by atoms with Gasteiger partial charge in [-0.1, -0.05) is 5.16 Å². The van der Waals surface area contributed by atoms with Gasteiger partial charge >= 0.3 is 5.97 Å². The summed E-state index contributed by atoms with van der Waals surface area (Å²) in [7, 11) is 0. The van der Waals surface area contributed by atoms with E-state index in [4.69, 9.17) is 9.84 Å². The minimum Gasteiger partial charge on any atom is -0.487 e. The molecule has 82 valence electrons. The number of pyridine rings is 1. The number of aromatic carboxylic acids is 1. The van der Waals surface area contributed by atoms with E-state index in [9.17, 15) is 4.79 Å². The Kier molecular flexibility index (Phi) is 2.81. The van der Waals surface area contributed by atoms with Crippen molar-refractivity contribution in [2.75, 3.05) is 0 Å². The third-order valence-electron chi connectivity index (χ3n) is 1.84. The molecule has 2 heterocycles.